The zero-order chi connectivity index (χ0) is 16.5. The van der Waals surface area contributed by atoms with Crippen LogP contribution < -0.4 is 26.9 Å². The van der Waals surface area contributed by atoms with Gasteiger partial charge in [0.2, 0.25) is 5.91 Å². The van der Waals surface area contributed by atoms with Crippen molar-refractivity contribution in [3.8, 4) is 0 Å². The Kier molecular flexibility index (Phi) is 8.71. The first-order valence-corrected chi connectivity index (χ1v) is 7.68. The van der Waals surface area contributed by atoms with Gasteiger partial charge in [-0.25, -0.2) is 4.57 Å². The molecule has 1 aromatic heterocycles. The van der Waals surface area contributed by atoms with Gasteiger partial charge in [0.1, 0.15) is 6.54 Å². The van der Waals surface area contributed by atoms with Crippen LogP contribution in [0.3, 0.4) is 0 Å². The first-order chi connectivity index (χ1) is 11.1. The molecule has 0 radical (unpaired) electrons. The van der Waals surface area contributed by atoms with E-state index in [0.29, 0.717) is 12.1 Å². The summed E-state index contributed by atoms with van der Waals surface area (Å²) in [7, 11) is 0. The minimum atomic E-state index is -0.863. The highest BCUT2D eigenvalue weighted by Crippen LogP contribution is 2.11. The summed E-state index contributed by atoms with van der Waals surface area (Å²) >= 11 is 0. The van der Waals surface area contributed by atoms with Crippen molar-refractivity contribution in [2.45, 2.75) is 32.2 Å². The van der Waals surface area contributed by atoms with Gasteiger partial charge in [-0.05, 0) is 24.1 Å². The molecule has 2 N–H and O–H groups in total. The van der Waals surface area contributed by atoms with Crippen molar-refractivity contribution >= 4 is 17.6 Å². The Hall–Kier alpha value is -2.21. The summed E-state index contributed by atoms with van der Waals surface area (Å²) in [6.07, 6.45) is 6.26. The molecule has 0 fully saturated rings. The van der Waals surface area contributed by atoms with E-state index < -0.39 is 5.97 Å². The van der Waals surface area contributed by atoms with E-state index in [0.717, 1.165) is 24.9 Å². The quantitative estimate of drug-likeness (QED) is 0.466. The third-order valence-corrected chi connectivity index (χ3v) is 3.44. The lowest BCUT2D eigenvalue weighted by Gasteiger charge is -2.05. The molecule has 1 heterocycles. The second-order valence-electron chi connectivity index (χ2n) is 5.39. The maximum Gasteiger partial charge on any atom is 0.307 e. The highest BCUT2D eigenvalue weighted by molar-refractivity contribution is 5.90. The van der Waals surface area contributed by atoms with Crippen molar-refractivity contribution in [1.82, 2.24) is 0 Å². The number of halogens is 1. The van der Waals surface area contributed by atoms with E-state index in [1.165, 1.54) is 0 Å². The summed E-state index contributed by atoms with van der Waals surface area (Å²) in [4.78, 5) is 22.5. The molecule has 0 aliphatic heterocycles. The van der Waals surface area contributed by atoms with Gasteiger partial charge >= 0.3 is 5.97 Å². The molecule has 0 aliphatic carbocycles. The first kappa shape index (κ1) is 19.8. The number of aliphatic carboxylic acids is 1. The fourth-order valence-corrected chi connectivity index (χ4v) is 2.27. The van der Waals surface area contributed by atoms with Crippen molar-refractivity contribution in [3.63, 3.8) is 0 Å². The van der Waals surface area contributed by atoms with Gasteiger partial charge in [0.05, 0.1) is 6.42 Å². The van der Waals surface area contributed by atoms with E-state index in [1.54, 1.807) is 24.3 Å². The Balaban J connectivity index is 0.00000288. The Morgan fingerprint density at radius 1 is 1.00 bits per heavy atom. The van der Waals surface area contributed by atoms with Crippen molar-refractivity contribution in [2.24, 2.45) is 0 Å². The number of hydrogen-bond donors (Lipinski definition) is 2. The smallest absolute Gasteiger partial charge is 0.307 e. The van der Waals surface area contributed by atoms with E-state index in [1.807, 2.05) is 30.6 Å². The van der Waals surface area contributed by atoms with Crippen LogP contribution in [0.4, 0.5) is 5.69 Å². The average molecular weight is 393 g/mol. The number of anilines is 1. The summed E-state index contributed by atoms with van der Waals surface area (Å²) in [6, 6.07) is 12.9. The summed E-state index contributed by atoms with van der Waals surface area (Å²) in [5.41, 5.74) is 1.41. The normalized spacial score (nSPS) is 9.83. The molecule has 0 bridgehead atoms. The van der Waals surface area contributed by atoms with Crippen LogP contribution >= 0.6 is 0 Å². The number of carbonyl (C=O) groups excluding carboxylic acids is 1. The second kappa shape index (κ2) is 10.5. The lowest BCUT2D eigenvalue weighted by molar-refractivity contribution is -0.697. The highest BCUT2D eigenvalue weighted by atomic mass is 79.9. The number of hydrogen-bond acceptors (Lipinski definition) is 2. The molecular formula is C18H21BrN2O3. The zero-order valence-corrected chi connectivity index (χ0v) is 14.9. The minimum absolute atomic E-state index is 0. The van der Waals surface area contributed by atoms with Crippen molar-refractivity contribution in [2.75, 3.05) is 5.32 Å². The average Bonchev–Trinajstić information content (AvgIpc) is 2.54. The van der Waals surface area contributed by atoms with Gasteiger partial charge in [-0.2, -0.15) is 0 Å². The Labute approximate surface area is 152 Å². The third-order valence-electron chi connectivity index (χ3n) is 3.44. The second-order valence-corrected chi connectivity index (χ2v) is 5.39. The number of carboxylic acid groups (broad SMARTS) is 1. The molecule has 0 atom stereocenters. The highest BCUT2D eigenvalue weighted by Gasteiger charge is 2.05. The predicted octanol–water partition coefficient (Wildman–Crippen LogP) is -0.586. The van der Waals surface area contributed by atoms with Crippen LogP contribution in [-0.4, -0.2) is 17.0 Å². The van der Waals surface area contributed by atoms with E-state index in [2.05, 4.69) is 9.88 Å². The molecule has 24 heavy (non-hydrogen) atoms. The molecule has 0 aliphatic rings. The third kappa shape index (κ3) is 7.37. The number of amides is 1. The Morgan fingerprint density at radius 2 is 1.67 bits per heavy atom. The Bertz CT molecular complexity index is 645. The van der Waals surface area contributed by atoms with Gasteiger partial charge in [0, 0.05) is 30.7 Å². The summed E-state index contributed by atoms with van der Waals surface area (Å²) < 4.78 is 2.10. The molecule has 6 heteroatoms. The molecule has 0 saturated carbocycles. The lowest BCUT2D eigenvalue weighted by atomic mass is 10.1. The molecule has 1 aromatic carbocycles. The van der Waals surface area contributed by atoms with Gasteiger partial charge in [0.15, 0.2) is 12.4 Å². The fourth-order valence-electron chi connectivity index (χ4n) is 2.27. The molecule has 0 unspecified atom stereocenters. The molecule has 128 valence electrons. The standard InChI is InChI=1S/C18H20N2O3.BrH/c21-17(6-2-5-13-20-11-3-1-4-12-20)19-16-9-7-15(8-10-16)14-18(22)23;/h1,3-4,7-12H,2,5-6,13-14H2,(H-,19,21,22,23);1H. The number of carbonyl (C=O) groups is 2. The molecule has 0 spiro atoms. The van der Waals surface area contributed by atoms with Crippen molar-refractivity contribution in [1.29, 1.82) is 0 Å². The topological polar surface area (TPSA) is 70.3 Å². The number of nitrogens with one attached hydrogen (secondary N) is 1. The van der Waals surface area contributed by atoms with Crippen LogP contribution in [0.5, 0.6) is 0 Å². The Morgan fingerprint density at radius 3 is 2.29 bits per heavy atom. The summed E-state index contributed by atoms with van der Waals surface area (Å²) in [5, 5.41) is 11.5. The number of benzene rings is 1. The molecule has 0 saturated heterocycles. The van der Waals surface area contributed by atoms with Crippen molar-refractivity contribution in [3.05, 3.63) is 60.4 Å². The molecule has 2 rings (SSSR count). The molecule has 2 aromatic rings. The van der Waals surface area contributed by atoms with Crippen LogP contribution in [0.2, 0.25) is 0 Å². The number of unbranched alkanes of at least 4 members (excludes halogenated alkanes) is 1. The van der Waals surface area contributed by atoms with Crippen LogP contribution in [0.1, 0.15) is 24.8 Å². The van der Waals surface area contributed by atoms with E-state index >= 15 is 0 Å². The summed E-state index contributed by atoms with van der Waals surface area (Å²) in [5.74, 6) is -0.882. The zero-order valence-electron chi connectivity index (χ0n) is 13.3. The van der Waals surface area contributed by atoms with E-state index in [9.17, 15) is 9.59 Å². The number of pyridine rings is 1. The van der Waals surface area contributed by atoms with Gasteiger partial charge in [-0.3, -0.25) is 9.59 Å². The van der Waals surface area contributed by atoms with E-state index in [4.69, 9.17) is 5.11 Å². The van der Waals surface area contributed by atoms with Gasteiger partial charge in [-0.15, -0.1) is 0 Å². The fraction of sp³-hybridized carbons (Fsp3) is 0.278. The molecule has 5 nitrogen and oxygen atoms in total. The van der Waals surface area contributed by atoms with Crippen LogP contribution in [0.25, 0.3) is 0 Å². The van der Waals surface area contributed by atoms with E-state index in [-0.39, 0.29) is 29.3 Å². The number of aromatic nitrogens is 1. The van der Waals surface area contributed by atoms with Crippen LogP contribution in [0, 0.1) is 0 Å². The maximum atomic E-state index is 11.9. The van der Waals surface area contributed by atoms with Crippen LogP contribution in [0.15, 0.2) is 54.9 Å². The van der Waals surface area contributed by atoms with Gasteiger partial charge in [-0.1, -0.05) is 18.2 Å². The first-order valence-electron chi connectivity index (χ1n) is 7.68. The SMILES string of the molecule is O=C(O)Cc1ccc(NC(=O)CCCC[n+]2ccccc2)cc1.[Br-]. The maximum absolute atomic E-state index is 11.9. The number of aryl methyl sites for hydroxylation is 1. The molecular weight excluding hydrogens is 372 g/mol. The summed E-state index contributed by atoms with van der Waals surface area (Å²) in [6.45, 7) is 0.901. The van der Waals surface area contributed by atoms with Gasteiger partial charge in [0.25, 0.3) is 0 Å². The number of carboxylic acids is 1. The van der Waals surface area contributed by atoms with Crippen LogP contribution in [-0.2, 0) is 22.6 Å². The lowest BCUT2D eigenvalue weighted by Crippen LogP contribution is -3.00. The molecule has 1 amide bonds. The number of rotatable bonds is 8. The predicted molar refractivity (Wildman–Crippen MR) is 86.9 cm³/mol. The van der Waals surface area contributed by atoms with Gasteiger partial charge < -0.3 is 27.4 Å². The monoisotopic (exact) mass is 392 g/mol. The number of nitrogens with zero attached hydrogens (tertiary/aromatic N) is 1. The largest absolute Gasteiger partial charge is 1.00 e. The van der Waals surface area contributed by atoms with Crippen molar-refractivity contribution < 1.29 is 36.2 Å². The minimum Gasteiger partial charge on any atom is -1.00 e.